The van der Waals surface area contributed by atoms with E-state index in [1.54, 1.807) is 12.1 Å². The van der Waals surface area contributed by atoms with Gasteiger partial charge in [-0.3, -0.25) is 9.59 Å². The van der Waals surface area contributed by atoms with Gasteiger partial charge < -0.3 is 20.1 Å². The zero-order chi connectivity index (χ0) is 36.3. The molecule has 0 radical (unpaired) electrons. The molecule has 0 unspecified atom stereocenters. The molecule has 50 heavy (non-hydrogen) atoms. The minimum atomic E-state index is -4.78. The van der Waals surface area contributed by atoms with Crippen LogP contribution in [0.1, 0.15) is 63.2 Å². The van der Waals surface area contributed by atoms with Crippen molar-refractivity contribution in [2.45, 2.75) is 51.9 Å². The summed E-state index contributed by atoms with van der Waals surface area (Å²) in [5.74, 6) is -1.01. The van der Waals surface area contributed by atoms with Crippen LogP contribution in [0.15, 0.2) is 69.7 Å². The second kappa shape index (κ2) is 16.5. The Hall–Kier alpha value is -3.81. The summed E-state index contributed by atoms with van der Waals surface area (Å²) in [7, 11) is -4.78. The summed E-state index contributed by atoms with van der Waals surface area (Å²) in [6, 6.07) is 15.0. The first-order valence-corrected chi connectivity index (χ1v) is 17.1. The van der Waals surface area contributed by atoms with Crippen LogP contribution in [0.2, 0.25) is 10.0 Å². The van der Waals surface area contributed by atoms with Crippen LogP contribution >= 0.6 is 23.2 Å². The van der Waals surface area contributed by atoms with E-state index >= 15 is 0 Å². The average Bonchev–Trinajstić information content (AvgIpc) is 3.39. The number of nitrogens with zero attached hydrogens (tertiary/aromatic N) is 6. The molecule has 0 spiro atoms. The monoisotopic (exact) mass is 746 g/mol. The van der Waals surface area contributed by atoms with Gasteiger partial charge in [0.15, 0.2) is 5.82 Å². The maximum Gasteiger partial charge on any atom is 1.00 e. The summed E-state index contributed by atoms with van der Waals surface area (Å²) in [4.78, 5) is 26.5. The summed E-state index contributed by atoms with van der Waals surface area (Å²) >= 11 is 13.4. The fraction of sp³-hybridized carbons (Fsp3) is 0.273. The zero-order valence-electron chi connectivity index (χ0n) is 28.5. The minimum absolute atomic E-state index is 0. The molecule has 0 fully saturated rings. The third-order valence-electron chi connectivity index (χ3n) is 7.23. The number of halogens is 2. The van der Waals surface area contributed by atoms with Crippen molar-refractivity contribution >= 4 is 73.7 Å². The second-order valence-electron chi connectivity index (χ2n) is 11.8. The minimum Gasteiger partial charge on any atom is -0.744 e. The summed E-state index contributed by atoms with van der Waals surface area (Å²) in [6.45, 7) is 12.5. The number of carbonyl (C=O) groups is 2. The van der Waals surface area contributed by atoms with Crippen molar-refractivity contribution in [3.05, 3.63) is 81.5 Å². The van der Waals surface area contributed by atoms with Gasteiger partial charge in [-0.2, -0.15) is 10.4 Å². The van der Waals surface area contributed by atoms with Gasteiger partial charge in [0.1, 0.15) is 33.1 Å². The van der Waals surface area contributed by atoms with Gasteiger partial charge in [-0.15, -0.1) is 10.2 Å². The van der Waals surface area contributed by atoms with Crippen molar-refractivity contribution in [2.75, 3.05) is 28.6 Å². The van der Waals surface area contributed by atoms with E-state index in [0.717, 1.165) is 30.9 Å². The summed E-state index contributed by atoms with van der Waals surface area (Å²) in [6.07, 6.45) is 0. The molecule has 1 heterocycles. The van der Waals surface area contributed by atoms with Crippen molar-refractivity contribution in [2.24, 2.45) is 10.2 Å². The van der Waals surface area contributed by atoms with Gasteiger partial charge in [-0.05, 0) is 62.4 Å². The molecular weight excluding hydrogens is 714 g/mol. The zero-order valence-corrected chi connectivity index (χ0v) is 32.8. The maximum atomic E-state index is 12.9. The van der Waals surface area contributed by atoms with Crippen LogP contribution in [0.5, 0.6) is 0 Å². The van der Waals surface area contributed by atoms with Gasteiger partial charge in [-0.25, -0.2) is 13.1 Å². The number of hydrogen-bond acceptors (Lipinski definition) is 10. The van der Waals surface area contributed by atoms with Gasteiger partial charge in [0.05, 0.1) is 26.3 Å². The van der Waals surface area contributed by atoms with Crippen molar-refractivity contribution in [3.63, 3.8) is 0 Å². The molecule has 17 heteroatoms. The van der Waals surface area contributed by atoms with Crippen molar-refractivity contribution in [3.8, 4) is 11.8 Å². The Morgan fingerprint density at radius 3 is 2.20 bits per heavy atom. The molecule has 0 aliphatic heterocycles. The number of rotatable bonds is 10. The third-order valence-corrected chi connectivity index (χ3v) is 8.63. The van der Waals surface area contributed by atoms with E-state index in [9.17, 15) is 27.8 Å². The van der Waals surface area contributed by atoms with E-state index in [2.05, 4.69) is 36.9 Å². The van der Waals surface area contributed by atoms with Crippen LogP contribution in [0.3, 0.4) is 0 Å². The fourth-order valence-corrected chi connectivity index (χ4v) is 6.07. The van der Waals surface area contributed by atoms with E-state index in [0.29, 0.717) is 17.1 Å². The topological polar surface area (TPSA) is 185 Å². The summed E-state index contributed by atoms with van der Waals surface area (Å²) in [5, 5.41) is 29.2. The molecule has 0 bridgehead atoms. The van der Waals surface area contributed by atoms with Crippen LogP contribution in [0.4, 0.5) is 28.6 Å². The predicted molar refractivity (Wildman–Crippen MR) is 188 cm³/mol. The van der Waals surface area contributed by atoms with E-state index in [4.69, 9.17) is 23.2 Å². The normalized spacial score (nSPS) is 11.5. The second-order valence-corrected chi connectivity index (χ2v) is 14.0. The Labute approximate surface area is 322 Å². The van der Waals surface area contributed by atoms with Gasteiger partial charge >= 0.3 is 29.6 Å². The first kappa shape index (κ1) is 40.6. The molecular formula is C33H33Cl2N8NaO5S. The number of azo groups is 1. The third kappa shape index (κ3) is 9.29. The molecule has 0 aliphatic carbocycles. The smallest absolute Gasteiger partial charge is 0.744 e. The standard InChI is InChI=1S/C33H34Cl2N8O5S.Na/c1-7-42(8-2)22-12-13-27(28(17-22)37-19(3)44)39-40-31-24(18-36)30(33(4,5)6)41-43(31)29-25(34)15-21(16-26(29)35)38-32(45)20-10-9-11-23(14-20)49(46,47)48;/h9-17H,7-8H2,1-6H3,(H,37,44)(H,38,45)(H,46,47,48);/q;+1/p-1. The number of hydrogen-bond donors (Lipinski definition) is 2. The molecule has 1 aromatic heterocycles. The maximum absolute atomic E-state index is 12.9. The number of aromatic nitrogens is 2. The molecule has 0 aliphatic rings. The van der Waals surface area contributed by atoms with Crippen LogP contribution in [-0.4, -0.2) is 47.7 Å². The number of nitrogens with one attached hydrogen (secondary N) is 2. The van der Waals surface area contributed by atoms with Gasteiger partial charge in [0.2, 0.25) is 5.91 Å². The number of amides is 2. The summed E-state index contributed by atoms with van der Waals surface area (Å²) in [5.41, 5.74) is 1.71. The van der Waals surface area contributed by atoms with Crippen molar-refractivity contribution < 1.29 is 52.1 Å². The Balaban J connectivity index is 0.00000676. The predicted octanol–water partition coefficient (Wildman–Crippen LogP) is 4.73. The number of carbonyl (C=O) groups excluding carboxylic acids is 2. The molecule has 2 N–H and O–H groups in total. The molecule has 4 rings (SSSR count). The van der Waals surface area contributed by atoms with E-state index < -0.39 is 26.3 Å². The van der Waals surface area contributed by atoms with Gasteiger partial charge in [-0.1, -0.05) is 50.0 Å². The Kier molecular flexibility index (Phi) is 13.4. The number of benzene rings is 3. The molecule has 4 aromatic rings. The van der Waals surface area contributed by atoms with Crippen LogP contribution in [0.25, 0.3) is 5.69 Å². The number of anilines is 3. The number of nitriles is 1. The first-order valence-electron chi connectivity index (χ1n) is 15.0. The van der Waals surface area contributed by atoms with Crippen molar-refractivity contribution in [1.82, 2.24) is 9.78 Å². The Bertz CT molecular complexity index is 2100. The Morgan fingerprint density at radius 2 is 1.66 bits per heavy atom. The Morgan fingerprint density at radius 1 is 1.02 bits per heavy atom. The quantitative estimate of drug-likeness (QED) is 0.133. The summed E-state index contributed by atoms with van der Waals surface area (Å²) < 4.78 is 35.6. The molecule has 0 atom stereocenters. The van der Waals surface area contributed by atoms with Crippen LogP contribution in [0, 0.1) is 11.3 Å². The van der Waals surface area contributed by atoms with E-state index in [1.165, 1.54) is 35.9 Å². The molecule has 256 valence electrons. The van der Waals surface area contributed by atoms with E-state index in [1.807, 2.05) is 40.7 Å². The molecule has 0 saturated carbocycles. The fourth-order valence-electron chi connectivity index (χ4n) is 4.91. The molecule has 13 nitrogen and oxygen atoms in total. The SMILES string of the molecule is CCN(CC)c1ccc(N=Nc2c(C#N)c(C(C)(C)C)nn2-c2c(Cl)cc(NC(=O)c3cccc(S(=O)(=O)[O-])c3)cc2Cl)c(NC(C)=O)c1.[Na+]. The molecule has 2 amide bonds. The van der Waals surface area contributed by atoms with Crippen molar-refractivity contribution in [1.29, 1.82) is 5.26 Å². The van der Waals surface area contributed by atoms with Crippen LogP contribution in [-0.2, 0) is 20.3 Å². The first-order chi connectivity index (χ1) is 23.0. The van der Waals surface area contributed by atoms with E-state index in [-0.39, 0.29) is 73.8 Å². The van der Waals surface area contributed by atoms with Gasteiger partial charge in [0.25, 0.3) is 5.91 Å². The van der Waals surface area contributed by atoms with Crippen LogP contribution < -0.4 is 45.1 Å². The molecule has 0 saturated heterocycles. The average molecular weight is 748 g/mol. The van der Waals surface area contributed by atoms with Gasteiger partial charge in [0, 0.05) is 42.4 Å². The molecule has 3 aromatic carbocycles. The largest absolute Gasteiger partial charge is 1.00 e.